The largest absolute Gasteiger partial charge is 0.395 e. The summed E-state index contributed by atoms with van der Waals surface area (Å²) in [6.45, 7) is 12.9. The van der Waals surface area contributed by atoms with Crippen LogP contribution in [0.25, 0.3) is 0 Å². The summed E-state index contributed by atoms with van der Waals surface area (Å²) < 4.78 is 0. The monoisotopic (exact) mass is 216 g/mol. The van der Waals surface area contributed by atoms with Crippen molar-refractivity contribution in [1.29, 1.82) is 0 Å². The first kappa shape index (κ1) is 14.9. The zero-order valence-corrected chi connectivity index (χ0v) is 10.9. The van der Waals surface area contributed by atoms with E-state index in [2.05, 4.69) is 32.6 Å². The fourth-order valence-electron chi connectivity index (χ4n) is 1.90. The molecule has 92 valence electrons. The molecule has 0 fully saturated rings. The number of rotatable bonds is 7. The van der Waals surface area contributed by atoms with E-state index in [1.807, 2.05) is 6.92 Å². The van der Waals surface area contributed by atoms with E-state index in [1.165, 1.54) is 0 Å². The predicted molar refractivity (Wildman–Crippen MR) is 65.8 cm³/mol. The highest BCUT2D eigenvalue weighted by Crippen LogP contribution is 2.10. The summed E-state index contributed by atoms with van der Waals surface area (Å²) in [4.78, 5) is 2.32. The summed E-state index contributed by atoms with van der Waals surface area (Å²) in [5, 5.41) is 9.37. The fourth-order valence-corrected chi connectivity index (χ4v) is 1.90. The molecule has 0 bridgehead atoms. The molecule has 0 aromatic heterocycles. The highest BCUT2D eigenvalue weighted by atomic mass is 16.3. The Labute approximate surface area is 94.6 Å². The minimum absolute atomic E-state index is 0.0208. The summed E-state index contributed by atoms with van der Waals surface area (Å²) in [7, 11) is 0. The van der Waals surface area contributed by atoms with Gasteiger partial charge in [0.15, 0.2) is 0 Å². The average Bonchev–Trinajstić information content (AvgIpc) is 2.01. The smallest absolute Gasteiger partial charge is 0.0601 e. The van der Waals surface area contributed by atoms with E-state index in [0.29, 0.717) is 11.8 Å². The molecule has 0 aliphatic carbocycles. The lowest BCUT2D eigenvalue weighted by Crippen LogP contribution is -2.51. The van der Waals surface area contributed by atoms with Gasteiger partial charge < -0.3 is 10.8 Å². The van der Waals surface area contributed by atoms with Gasteiger partial charge in [-0.15, -0.1) is 0 Å². The molecule has 0 saturated carbocycles. The standard InChI is InChI=1S/C12H28N2O/c1-9(2)6-14(7-10(3)4)12(8-15)11(5)13/h9-12,15H,6-8,13H2,1-5H3. The van der Waals surface area contributed by atoms with Crippen molar-refractivity contribution in [3.05, 3.63) is 0 Å². The van der Waals surface area contributed by atoms with Crippen molar-refractivity contribution >= 4 is 0 Å². The topological polar surface area (TPSA) is 49.5 Å². The van der Waals surface area contributed by atoms with Crippen LogP contribution in [0.5, 0.6) is 0 Å². The Hall–Kier alpha value is -0.120. The van der Waals surface area contributed by atoms with Crippen molar-refractivity contribution in [3.8, 4) is 0 Å². The van der Waals surface area contributed by atoms with E-state index >= 15 is 0 Å². The Balaban J connectivity index is 4.43. The van der Waals surface area contributed by atoms with E-state index in [-0.39, 0.29) is 18.7 Å². The minimum Gasteiger partial charge on any atom is -0.395 e. The molecular weight excluding hydrogens is 188 g/mol. The Kier molecular flexibility index (Phi) is 7.14. The second-order valence-corrected chi connectivity index (χ2v) is 5.35. The van der Waals surface area contributed by atoms with Crippen molar-refractivity contribution < 1.29 is 5.11 Å². The third-order valence-electron chi connectivity index (χ3n) is 2.46. The van der Waals surface area contributed by atoms with Crippen LogP contribution in [0, 0.1) is 11.8 Å². The molecule has 2 unspecified atom stereocenters. The maximum absolute atomic E-state index is 9.37. The highest BCUT2D eigenvalue weighted by molar-refractivity contribution is 4.80. The van der Waals surface area contributed by atoms with Gasteiger partial charge in [-0.2, -0.15) is 0 Å². The number of aliphatic hydroxyl groups is 1. The predicted octanol–water partition coefficient (Wildman–Crippen LogP) is 1.31. The zero-order valence-electron chi connectivity index (χ0n) is 10.9. The van der Waals surface area contributed by atoms with Crippen LogP contribution in [0.1, 0.15) is 34.6 Å². The molecule has 0 aliphatic heterocycles. The van der Waals surface area contributed by atoms with Crippen LogP contribution in [-0.4, -0.2) is 41.8 Å². The normalized spacial score (nSPS) is 16.4. The highest BCUT2D eigenvalue weighted by Gasteiger charge is 2.22. The van der Waals surface area contributed by atoms with Gasteiger partial charge in [-0.3, -0.25) is 4.90 Å². The summed E-state index contributed by atoms with van der Waals surface area (Å²) in [6.07, 6.45) is 0. The number of aliphatic hydroxyl groups excluding tert-OH is 1. The van der Waals surface area contributed by atoms with E-state index in [0.717, 1.165) is 13.1 Å². The molecule has 15 heavy (non-hydrogen) atoms. The van der Waals surface area contributed by atoms with E-state index in [4.69, 9.17) is 5.73 Å². The molecule has 0 aromatic rings. The van der Waals surface area contributed by atoms with Crippen LogP contribution in [-0.2, 0) is 0 Å². The summed E-state index contributed by atoms with van der Waals surface area (Å²) in [5.41, 5.74) is 5.90. The molecule has 0 amide bonds. The Morgan fingerprint density at radius 3 is 1.60 bits per heavy atom. The average molecular weight is 216 g/mol. The van der Waals surface area contributed by atoms with Gasteiger partial charge in [-0.1, -0.05) is 27.7 Å². The fraction of sp³-hybridized carbons (Fsp3) is 1.00. The van der Waals surface area contributed by atoms with E-state index in [9.17, 15) is 5.11 Å². The first-order valence-corrected chi connectivity index (χ1v) is 5.99. The van der Waals surface area contributed by atoms with E-state index in [1.54, 1.807) is 0 Å². The second kappa shape index (κ2) is 7.20. The minimum atomic E-state index is 0.0208. The number of nitrogens with zero attached hydrogens (tertiary/aromatic N) is 1. The Bertz CT molecular complexity index is 148. The summed E-state index contributed by atoms with van der Waals surface area (Å²) in [6, 6.07) is 0.113. The zero-order chi connectivity index (χ0) is 12.0. The number of nitrogens with two attached hydrogens (primary N) is 1. The molecule has 0 aliphatic rings. The molecule has 0 saturated heterocycles. The van der Waals surface area contributed by atoms with Gasteiger partial charge in [0.25, 0.3) is 0 Å². The van der Waals surface area contributed by atoms with E-state index < -0.39 is 0 Å². The van der Waals surface area contributed by atoms with Crippen LogP contribution < -0.4 is 5.73 Å². The maximum Gasteiger partial charge on any atom is 0.0601 e. The molecule has 0 radical (unpaired) electrons. The molecule has 0 spiro atoms. The first-order chi connectivity index (χ1) is 6.88. The Morgan fingerprint density at radius 1 is 1.00 bits per heavy atom. The first-order valence-electron chi connectivity index (χ1n) is 5.99. The summed E-state index contributed by atoms with van der Waals surface area (Å²) >= 11 is 0. The van der Waals surface area contributed by atoms with Crippen molar-refractivity contribution in [1.82, 2.24) is 4.90 Å². The third-order valence-corrected chi connectivity index (χ3v) is 2.46. The molecular formula is C12H28N2O. The molecule has 3 N–H and O–H groups in total. The van der Waals surface area contributed by atoms with Crippen LogP contribution in [0.2, 0.25) is 0 Å². The second-order valence-electron chi connectivity index (χ2n) is 5.35. The van der Waals surface area contributed by atoms with Crippen molar-refractivity contribution in [2.24, 2.45) is 17.6 Å². The van der Waals surface area contributed by atoms with Crippen LogP contribution in [0.3, 0.4) is 0 Å². The lowest BCUT2D eigenvalue weighted by atomic mass is 10.0. The van der Waals surface area contributed by atoms with Gasteiger partial charge in [-0.05, 0) is 18.8 Å². The summed E-state index contributed by atoms with van der Waals surface area (Å²) in [5.74, 6) is 1.22. The third kappa shape index (κ3) is 6.13. The van der Waals surface area contributed by atoms with Crippen molar-refractivity contribution in [2.75, 3.05) is 19.7 Å². The SMILES string of the molecule is CC(C)CN(CC(C)C)C(CO)C(C)N. The van der Waals surface area contributed by atoms with Crippen LogP contribution >= 0.6 is 0 Å². The van der Waals surface area contributed by atoms with Crippen molar-refractivity contribution in [3.63, 3.8) is 0 Å². The molecule has 2 atom stereocenters. The van der Waals surface area contributed by atoms with Gasteiger partial charge in [-0.25, -0.2) is 0 Å². The lowest BCUT2D eigenvalue weighted by Gasteiger charge is -2.35. The number of hydrogen-bond donors (Lipinski definition) is 2. The van der Waals surface area contributed by atoms with Crippen molar-refractivity contribution in [2.45, 2.75) is 46.7 Å². The van der Waals surface area contributed by atoms with Crippen LogP contribution in [0.4, 0.5) is 0 Å². The van der Waals surface area contributed by atoms with Crippen LogP contribution in [0.15, 0.2) is 0 Å². The van der Waals surface area contributed by atoms with Gasteiger partial charge >= 0.3 is 0 Å². The number of hydrogen-bond acceptors (Lipinski definition) is 3. The molecule has 3 heteroatoms. The lowest BCUT2D eigenvalue weighted by molar-refractivity contribution is 0.0869. The quantitative estimate of drug-likeness (QED) is 0.674. The molecule has 0 aromatic carbocycles. The maximum atomic E-state index is 9.37. The molecule has 3 nitrogen and oxygen atoms in total. The molecule has 0 rings (SSSR count). The van der Waals surface area contributed by atoms with Gasteiger partial charge in [0.2, 0.25) is 0 Å². The molecule has 0 heterocycles. The Morgan fingerprint density at radius 2 is 1.40 bits per heavy atom. The van der Waals surface area contributed by atoms with Gasteiger partial charge in [0.05, 0.1) is 6.61 Å². The van der Waals surface area contributed by atoms with Gasteiger partial charge in [0, 0.05) is 25.2 Å². The van der Waals surface area contributed by atoms with Gasteiger partial charge in [0.1, 0.15) is 0 Å².